The average Bonchev–Trinajstić information content (AvgIpc) is 3.09. The zero-order valence-corrected chi connectivity index (χ0v) is 15.5. The van der Waals surface area contributed by atoms with Crippen LogP contribution in [0.25, 0.3) is 21.1 Å². The lowest BCUT2D eigenvalue weighted by molar-refractivity contribution is 0.101. The second kappa shape index (κ2) is 6.48. The molecule has 0 atom stereocenters. The minimum Gasteiger partial charge on any atom is -0.422 e. The predicted molar refractivity (Wildman–Crippen MR) is 107 cm³/mol. The van der Waals surface area contributed by atoms with Crippen LogP contribution in [0.1, 0.15) is 32.5 Å². The van der Waals surface area contributed by atoms with Crippen LogP contribution >= 0.6 is 11.3 Å². The zero-order valence-electron chi connectivity index (χ0n) is 14.7. The lowest BCUT2D eigenvalue weighted by atomic mass is 10.1. The van der Waals surface area contributed by atoms with Gasteiger partial charge in [-0.3, -0.25) is 9.59 Å². The number of Topliss-reactive ketones (excluding diaryl/α,β-unsaturated/α-hetero) is 1. The summed E-state index contributed by atoms with van der Waals surface area (Å²) in [6.45, 7) is 3.43. The molecule has 0 fully saturated rings. The summed E-state index contributed by atoms with van der Waals surface area (Å²) in [7, 11) is 0. The summed E-state index contributed by atoms with van der Waals surface area (Å²) >= 11 is 1.25. The van der Waals surface area contributed by atoms with Crippen LogP contribution in [-0.2, 0) is 0 Å². The largest absolute Gasteiger partial charge is 0.422 e. The number of carbonyl (C=O) groups excluding carboxylic acids is 2. The van der Waals surface area contributed by atoms with E-state index < -0.39 is 5.63 Å². The maximum absolute atomic E-state index is 12.7. The third kappa shape index (κ3) is 3.15. The van der Waals surface area contributed by atoms with Crippen LogP contribution in [0.4, 0.5) is 5.69 Å². The molecular weight excluding hydrogens is 362 g/mol. The van der Waals surface area contributed by atoms with Crippen molar-refractivity contribution in [2.24, 2.45) is 0 Å². The molecule has 0 bridgehead atoms. The van der Waals surface area contributed by atoms with Gasteiger partial charge in [0.15, 0.2) is 5.78 Å². The topological polar surface area (TPSA) is 76.4 Å². The third-order valence-electron chi connectivity index (χ3n) is 4.29. The number of benzene rings is 2. The van der Waals surface area contributed by atoms with E-state index in [1.54, 1.807) is 36.4 Å². The van der Waals surface area contributed by atoms with E-state index in [0.29, 0.717) is 27.1 Å². The molecule has 1 amide bonds. The summed E-state index contributed by atoms with van der Waals surface area (Å²) < 4.78 is 6.09. The molecule has 6 heteroatoms. The minimum absolute atomic E-state index is 0.0765. The van der Waals surface area contributed by atoms with Crippen molar-refractivity contribution in [1.82, 2.24) is 0 Å². The van der Waals surface area contributed by atoms with Crippen LogP contribution in [0.3, 0.4) is 0 Å². The van der Waals surface area contributed by atoms with E-state index in [1.807, 2.05) is 19.1 Å². The monoisotopic (exact) mass is 377 g/mol. The van der Waals surface area contributed by atoms with E-state index >= 15 is 0 Å². The molecule has 134 valence electrons. The van der Waals surface area contributed by atoms with Crippen LogP contribution in [0.2, 0.25) is 0 Å². The number of rotatable bonds is 3. The van der Waals surface area contributed by atoms with Gasteiger partial charge in [-0.25, -0.2) is 4.79 Å². The fourth-order valence-corrected chi connectivity index (χ4v) is 3.99. The molecule has 0 aliphatic heterocycles. The Balaban J connectivity index is 1.77. The summed E-state index contributed by atoms with van der Waals surface area (Å²) in [5.41, 5.74) is 2.12. The first-order valence-electron chi connectivity index (χ1n) is 8.32. The van der Waals surface area contributed by atoms with Crippen LogP contribution in [0.15, 0.2) is 57.7 Å². The Kier molecular flexibility index (Phi) is 4.12. The van der Waals surface area contributed by atoms with Gasteiger partial charge in [-0.2, -0.15) is 0 Å². The van der Waals surface area contributed by atoms with E-state index in [2.05, 4.69) is 5.32 Å². The fraction of sp³-hybridized carbons (Fsp3) is 0.0952. The van der Waals surface area contributed by atoms with Gasteiger partial charge in [-0.1, -0.05) is 23.8 Å². The van der Waals surface area contributed by atoms with Gasteiger partial charge >= 0.3 is 5.63 Å². The highest BCUT2D eigenvalue weighted by Crippen LogP contribution is 2.31. The Morgan fingerprint density at radius 1 is 1.04 bits per heavy atom. The molecule has 5 nitrogen and oxygen atoms in total. The maximum Gasteiger partial charge on any atom is 0.345 e. The zero-order chi connectivity index (χ0) is 19.1. The Bertz CT molecular complexity index is 1280. The van der Waals surface area contributed by atoms with Crippen molar-refractivity contribution in [1.29, 1.82) is 0 Å². The van der Waals surface area contributed by atoms with Crippen molar-refractivity contribution in [2.45, 2.75) is 13.8 Å². The quantitative estimate of drug-likeness (QED) is 0.412. The minimum atomic E-state index is -0.463. The number of nitrogens with one attached hydrogen (secondary N) is 1. The Labute approximate surface area is 158 Å². The van der Waals surface area contributed by atoms with Gasteiger partial charge in [0.1, 0.15) is 5.58 Å². The van der Waals surface area contributed by atoms with Gasteiger partial charge in [0, 0.05) is 16.6 Å². The second-order valence-corrected chi connectivity index (χ2v) is 7.39. The molecule has 4 aromatic rings. The molecule has 1 N–H and O–H groups in total. The van der Waals surface area contributed by atoms with E-state index in [-0.39, 0.29) is 11.7 Å². The number of hydrogen-bond donors (Lipinski definition) is 1. The molecule has 0 aliphatic rings. The van der Waals surface area contributed by atoms with Crippen molar-refractivity contribution in [2.75, 3.05) is 5.32 Å². The highest BCUT2D eigenvalue weighted by atomic mass is 32.1. The number of ketones is 1. The fourth-order valence-electron chi connectivity index (χ4n) is 2.93. The first-order valence-corrected chi connectivity index (χ1v) is 9.13. The average molecular weight is 377 g/mol. The van der Waals surface area contributed by atoms with Crippen molar-refractivity contribution in [3.8, 4) is 0 Å². The SMILES string of the molecule is CC(=O)c1cccc(NC(=O)c2cc3c(=O)oc4ccc(C)cc4c3s2)c1. The number of thiophene rings is 1. The van der Waals surface area contributed by atoms with Crippen molar-refractivity contribution < 1.29 is 14.0 Å². The molecular formula is C21H15NO4S. The molecule has 0 unspecified atom stereocenters. The highest BCUT2D eigenvalue weighted by Gasteiger charge is 2.16. The molecule has 0 spiro atoms. The van der Waals surface area contributed by atoms with E-state index in [1.165, 1.54) is 18.3 Å². The first-order chi connectivity index (χ1) is 12.9. The lowest BCUT2D eigenvalue weighted by Crippen LogP contribution is -2.10. The van der Waals surface area contributed by atoms with Crippen LogP contribution in [-0.4, -0.2) is 11.7 Å². The summed E-state index contributed by atoms with van der Waals surface area (Å²) in [5.74, 6) is -0.412. The van der Waals surface area contributed by atoms with Gasteiger partial charge < -0.3 is 9.73 Å². The van der Waals surface area contributed by atoms with Crippen molar-refractivity contribution >= 4 is 49.8 Å². The number of amides is 1. The molecule has 0 saturated heterocycles. The van der Waals surface area contributed by atoms with Crippen LogP contribution in [0.5, 0.6) is 0 Å². The highest BCUT2D eigenvalue weighted by molar-refractivity contribution is 7.21. The smallest absolute Gasteiger partial charge is 0.345 e. The van der Waals surface area contributed by atoms with Crippen LogP contribution < -0.4 is 10.9 Å². The van der Waals surface area contributed by atoms with Gasteiger partial charge in [0.05, 0.1) is 15.0 Å². The summed E-state index contributed by atoms with van der Waals surface area (Å²) in [6, 6.07) is 13.9. The first kappa shape index (κ1) is 17.2. The molecule has 2 heterocycles. The molecule has 2 aromatic carbocycles. The maximum atomic E-state index is 12.7. The number of anilines is 1. The Morgan fingerprint density at radius 2 is 1.85 bits per heavy atom. The molecule has 0 radical (unpaired) electrons. The number of aryl methyl sites for hydroxylation is 1. The molecule has 0 saturated carbocycles. The molecule has 27 heavy (non-hydrogen) atoms. The van der Waals surface area contributed by atoms with Gasteiger partial charge in [0.25, 0.3) is 5.91 Å². The lowest BCUT2D eigenvalue weighted by Gasteiger charge is -2.04. The second-order valence-electron chi connectivity index (χ2n) is 6.33. The van der Waals surface area contributed by atoms with Crippen molar-refractivity contribution in [3.63, 3.8) is 0 Å². The van der Waals surface area contributed by atoms with Crippen LogP contribution in [0, 0.1) is 6.92 Å². The normalized spacial score (nSPS) is 11.0. The summed E-state index contributed by atoms with van der Waals surface area (Å²) in [4.78, 5) is 36.8. The van der Waals surface area contributed by atoms with Gasteiger partial charge in [0.2, 0.25) is 0 Å². The van der Waals surface area contributed by atoms with E-state index in [0.717, 1.165) is 15.6 Å². The molecule has 2 aromatic heterocycles. The summed E-state index contributed by atoms with van der Waals surface area (Å²) in [6.07, 6.45) is 0. The van der Waals surface area contributed by atoms with Gasteiger partial charge in [-0.15, -0.1) is 11.3 Å². The third-order valence-corrected chi connectivity index (χ3v) is 5.45. The predicted octanol–water partition coefficient (Wildman–Crippen LogP) is 4.77. The van der Waals surface area contributed by atoms with Gasteiger partial charge in [-0.05, 0) is 44.2 Å². The number of carbonyl (C=O) groups is 2. The van der Waals surface area contributed by atoms with E-state index in [4.69, 9.17) is 4.42 Å². The van der Waals surface area contributed by atoms with E-state index in [9.17, 15) is 14.4 Å². The molecule has 4 rings (SSSR count). The standard InChI is InChI=1S/C21H15NO4S/c1-11-6-7-17-15(8-11)19-16(21(25)26-17)10-18(27-19)20(24)22-14-5-3-4-13(9-14)12(2)23/h3-10H,1-2H3,(H,22,24). The number of fused-ring (bicyclic) bond motifs is 3. The summed E-state index contributed by atoms with van der Waals surface area (Å²) in [5, 5.41) is 3.98. The molecule has 0 aliphatic carbocycles. The Hall–Kier alpha value is -3.25. The Morgan fingerprint density at radius 3 is 2.63 bits per heavy atom. The van der Waals surface area contributed by atoms with Crippen molar-refractivity contribution in [3.05, 3.63) is 75.0 Å². The number of hydrogen-bond acceptors (Lipinski definition) is 5.